The molecule has 2 N–H and O–H groups in total. The Morgan fingerprint density at radius 2 is 1.83 bits per heavy atom. The molecule has 0 atom stereocenters. The van der Waals surface area contributed by atoms with Gasteiger partial charge in [0.05, 0.1) is 0 Å². The molecule has 0 rings (SSSR count). The summed E-state index contributed by atoms with van der Waals surface area (Å²) in [4.78, 5) is 4.37. The molecule has 0 amide bonds. The highest BCUT2D eigenvalue weighted by Crippen LogP contribution is 1.94. The zero-order valence-corrected chi connectivity index (χ0v) is 8.51. The van der Waals surface area contributed by atoms with Crippen molar-refractivity contribution in [2.24, 2.45) is 5.73 Å². The Morgan fingerprint density at radius 1 is 1.25 bits per heavy atom. The summed E-state index contributed by atoms with van der Waals surface area (Å²) in [6.07, 6.45) is 0. The van der Waals surface area contributed by atoms with Gasteiger partial charge < -0.3 is 15.5 Å². The molecular formula is C9H21N3. The van der Waals surface area contributed by atoms with Gasteiger partial charge in [-0.15, -0.1) is 0 Å². The van der Waals surface area contributed by atoms with Crippen LogP contribution in [0.5, 0.6) is 0 Å². The van der Waals surface area contributed by atoms with Gasteiger partial charge in [-0.1, -0.05) is 6.58 Å². The van der Waals surface area contributed by atoms with Gasteiger partial charge in [-0.05, 0) is 14.0 Å². The lowest BCUT2D eigenvalue weighted by molar-refractivity contribution is 0.292. The third-order valence-electron chi connectivity index (χ3n) is 1.98. The van der Waals surface area contributed by atoms with Crippen LogP contribution in [-0.2, 0) is 0 Å². The Kier molecular flexibility index (Phi) is 5.76. The summed E-state index contributed by atoms with van der Waals surface area (Å²) >= 11 is 0. The molecule has 0 saturated heterocycles. The largest absolute Gasteiger partial charge is 0.377 e. The zero-order chi connectivity index (χ0) is 9.56. The molecule has 0 aromatic carbocycles. The second-order valence-electron chi connectivity index (χ2n) is 3.25. The van der Waals surface area contributed by atoms with Crippen LogP contribution in [-0.4, -0.2) is 50.1 Å². The first-order valence-corrected chi connectivity index (χ1v) is 4.33. The molecule has 72 valence electrons. The molecule has 0 aromatic heterocycles. The van der Waals surface area contributed by atoms with E-state index in [1.807, 2.05) is 6.92 Å². The maximum Gasteiger partial charge on any atom is 0.0299 e. The first-order chi connectivity index (χ1) is 5.57. The number of hydrogen-bond donors (Lipinski definition) is 1. The van der Waals surface area contributed by atoms with Crippen LogP contribution in [0, 0.1) is 0 Å². The van der Waals surface area contributed by atoms with Gasteiger partial charge >= 0.3 is 0 Å². The molecule has 0 spiro atoms. The van der Waals surface area contributed by atoms with E-state index in [2.05, 4.69) is 30.5 Å². The third kappa shape index (κ3) is 5.16. The van der Waals surface area contributed by atoms with Crippen molar-refractivity contribution in [3.8, 4) is 0 Å². The summed E-state index contributed by atoms with van der Waals surface area (Å²) in [5.74, 6) is 0. The van der Waals surface area contributed by atoms with Crippen LogP contribution in [0.15, 0.2) is 12.3 Å². The summed E-state index contributed by atoms with van der Waals surface area (Å²) in [6, 6.07) is 0. The number of nitrogens with two attached hydrogens (primary N) is 1. The molecule has 0 heterocycles. The van der Waals surface area contributed by atoms with Crippen molar-refractivity contribution >= 4 is 0 Å². The summed E-state index contributed by atoms with van der Waals surface area (Å²) in [5.41, 5.74) is 6.53. The van der Waals surface area contributed by atoms with Crippen LogP contribution in [0.1, 0.15) is 6.92 Å². The van der Waals surface area contributed by atoms with Crippen molar-refractivity contribution < 1.29 is 0 Å². The number of nitrogens with zero attached hydrogens (tertiary/aromatic N) is 2. The molecule has 0 radical (unpaired) electrons. The van der Waals surface area contributed by atoms with E-state index in [4.69, 9.17) is 5.73 Å². The fraction of sp³-hybridized carbons (Fsp3) is 0.778. The normalized spacial score (nSPS) is 10.4. The summed E-state index contributed by atoms with van der Waals surface area (Å²) in [5, 5.41) is 0. The van der Waals surface area contributed by atoms with Gasteiger partial charge in [-0.3, -0.25) is 0 Å². The van der Waals surface area contributed by atoms with Crippen molar-refractivity contribution in [2.45, 2.75) is 6.92 Å². The van der Waals surface area contributed by atoms with Gasteiger partial charge in [0, 0.05) is 38.9 Å². The lowest BCUT2D eigenvalue weighted by Crippen LogP contribution is -2.32. The van der Waals surface area contributed by atoms with E-state index in [1.165, 1.54) is 0 Å². The molecule has 0 aliphatic carbocycles. The van der Waals surface area contributed by atoms with Crippen LogP contribution in [0.25, 0.3) is 0 Å². The van der Waals surface area contributed by atoms with Crippen LogP contribution in [0.2, 0.25) is 0 Å². The average Bonchev–Trinajstić information content (AvgIpc) is 2.00. The summed E-state index contributed by atoms with van der Waals surface area (Å²) in [7, 11) is 4.14. The minimum Gasteiger partial charge on any atom is -0.377 e. The maximum atomic E-state index is 5.42. The molecule has 12 heavy (non-hydrogen) atoms. The van der Waals surface area contributed by atoms with Gasteiger partial charge in [0.25, 0.3) is 0 Å². The molecule has 0 unspecified atom stereocenters. The highest BCUT2D eigenvalue weighted by atomic mass is 15.2. The predicted octanol–water partition coefficient (Wildman–Crippen LogP) is 0.342. The second-order valence-corrected chi connectivity index (χ2v) is 3.25. The monoisotopic (exact) mass is 171 g/mol. The number of likely N-dealkylation sites (N-methyl/N-ethyl adjacent to an activating group) is 2. The van der Waals surface area contributed by atoms with Gasteiger partial charge in [0.15, 0.2) is 0 Å². The fourth-order valence-electron chi connectivity index (χ4n) is 0.844. The average molecular weight is 171 g/mol. The highest BCUT2D eigenvalue weighted by molar-refractivity contribution is 4.86. The quantitative estimate of drug-likeness (QED) is 0.625. The molecule has 0 bridgehead atoms. The van der Waals surface area contributed by atoms with Crippen LogP contribution in [0.4, 0.5) is 0 Å². The SMILES string of the molecule is C=C(C)N(C)CCN(C)CCN. The minimum absolute atomic E-state index is 0.729. The highest BCUT2D eigenvalue weighted by Gasteiger charge is 1.99. The van der Waals surface area contributed by atoms with Crippen LogP contribution in [0.3, 0.4) is 0 Å². The predicted molar refractivity (Wildman–Crippen MR) is 54.0 cm³/mol. The summed E-state index contributed by atoms with van der Waals surface area (Å²) < 4.78 is 0. The van der Waals surface area contributed by atoms with Gasteiger partial charge in [-0.2, -0.15) is 0 Å². The first kappa shape index (κ1) is 11.5. The van der Waals surface area contributed by atoms with Crippen molar-refractivity contribution in [3.05, 3.63) is 12.3 Å². The molecule has 0 aliphatic rings. The number of allylic oxidation sites excluding steroid dienone is 1. The van der Waals surface area contributed by atoms with E-state index in [9.17, 15) is 0 Å². The first-order valence-electron chi connectivity index (χ1n) is 4.33. The van der Waals surface area contributed by atoms with Crippen molar-refractivity contribution in [3.63, 3.8) is 0 Å². The lowest BCUT2D eigenvalue weighted by atomic mass is 10.4. The Bertz CT molecular complexity index is 134. The topological polar surface area (TPSA) is 32.5 Å². The molecule has 3 nitrogen and oxygen atoms in total. The molecule has 0 aliphatic heterocycles. The van der Waals surface area contributed by atoms with Crippen molar-refractivity contribution in [1.82, 2.24) is 9.80 Å². The van der Waals surface area contributed by atoms with E-state index < -0.39 is 0 Å². The third-order valence-corrected chi connectivity index (χ3v) is 1.98. The maximum absolute atomic E-state index is 5.42. The molecule has 0 fully saturated rings. The molecule has 0 aromatic rings. The number of hydrogen-bond acceptors (Lipinski definition) is 3. The Balaban J connectivity index is 3.46. The summed E-state index contributed by atoms with van der Waals surface area (Å²) in [6.45, 7) is 9.63. The van der Waals surface area contributed by atoms with Crippen molar-refractivity contribution in [2.75, 3.05) is 40.3 Å². The van der Waals surface area contributed by atoms with Crippen molar-refractivity contribution in [1.29, 1.82) is 0 Å². The molecule has 3 heteroatoms. The second kappa shape index (κ2) is 6.03. The van der Waals surface area contributed by atoms with Gasteiger partial charge in [-0.25, -0.2) is 0 Å². The lowest BCUT2D eigenvalue weighted by Gasteiger charge is -2.22. The van der Waals surface area contributed by atoms with Crippen LogP contribution >= 0.6 is 0 Å². The number of rotatable bonds is 6. The molecule has 0 saturated carbocycles. The zero-order valence-electron chi connectivity index (χ0n) is 8.51. The van der Waals surface area contributed by atoms with Crippen LogP contribution < -0.4 is 5.73 Å². The van der Waals surface area contributed by atoms with E-state index >= 15 is 0 Å². The van der Waals surface area contributed by atoms with E-state index in [1.54, 1.807) is 0 Å². The Morgan fingerprint density at radius 3 is 2.25 bits per heavy atom. The Labute approximate surface area is 75.8 Å². The standard InChI is InChI=1S/C9H21N3/c1-9(2)12(4)8-7-11(3)6-5-10/h1,5-8,10H2,2-4H3. The van der Waals surface area contributed by atoms with Gasteiger partial charge in [0.1, 0.15) is 0 Å². The van der Waals surface area contributed by atoms with E-state index in [0.717, 1.165) is 31.9 Å². The van der Waals surface area contributed by atoms with E-state index in [-0.39, 0.29) is 0 Å². The molecular weight excluding hydrogens is 150 g/mol. The smallest absolute Gasteiger partial charge is 0.0299 e. The minimum atomic E-state index is 0.729. The van der Waals surface area contributed by atoms with Gasteiger partial charge in [0.2, 0.25) is 0 Å². The fourth-order valence-corrected chi connectivity index (χ4v) is 0.844. The Hall–Kier alpha value is -0.540. The van der Waals surface area contributed by atoms with E-state index in [0.29, 0.717) is 0 Å².